The van der Waals surface area contributed by atoms with Gasteiger partial charge in [0.1, 0.15) is 17.1 Å². The lowest BCUT2D eigenvalue weighted by atomic mass is 9.93. The molecule has 152 valence electrons. The topological polar surface area (TPSA) is 96.2 Å². The summed E-state index contributed by atoms with van der Waals surface area (Å²) in [5, 5.41) is 5.95. The second-order valence-electron chi connectivity index (χ2n) is 6.38. The van der Waals surface area contributed by atoms with E-state index in [0.717, 1.165) is 31.9 Å². The van der Waals surface area contributed by atoms with Crippen molar-refractivity contribution in [2.75, 3.05) is 34.3 Å². The fourth-order valence-corrected chi connectivity index (χ4v) is 3.16. The molecule has 0 spiro atoms. The molecular formula is C18H29IN4O4. The summed E-state index contributed by atoms with van der Waals surface area (Å²) < 4.78 is 10.3. The quantitative estimate of drug-likeness (QED) is 0.282. The molecule has 0 unspecified atom stereocenters. The van der Waals surface area contributed by atoms with E-state index in [-0.39, 0.29) is 29.9 Å². The van der Waals surface area contributed by atoms with Gasteiger partial charge in [-0.05, 0) is 31.7 Å². The lowest BCUT2D eigenvalue weighted by Crippen LogP contribution is -2.45. The number of aliphatic imine (C=N–C) groups is 1. The van der Waals surface area contributed by atoms with E-state index in [1.54, 1.807) is 27.1 Å². The average Bonchev–Trinajstić information content (AvgIpc) is 3.03. The minimum atomic E-state index is -0.403. The predicted molar refractivity (Wildman–Crippen MR) is 113 cm³/mol. The van der Waals surface area contributed by atoms with Crippen LogP contribution in [0.1, 0.15) is 41.1 Å². The zero-order valence-electron chi connectivity index (χ0n) is 16.3. The Morgan fingerprint density at radius 3 is 2.59 bits per heavy atom. The molecule has 1 saturated heterocycles. The lowest BCUT2D eigenvalue weighted by molar-refractivity contribution is -0.121. The van der Waals surface area contributed by atoms with E-state index >= 15 is 0 Å². The fourth-order valence-electron chi connectivity index (χ4n) is 3.16. The third-order valence-corrected chi connectivity index (χ3v) is 4.67. The highest BCUT2D eigenvalue weighted by molar-refractivity contribution is 14.0. The number of methoxy groups -OCH3 is 1. The van der Waals surface area contributed by atoms with E-state index < -0.39 is 5.97 Å². The largest absolute Gasteiger partial charge is 0.465 e. The number of guanidine groups is 1. The Kier molecular flexibility index (Phi) is 9.61. The van der Waals surface area contributed by atoms with Gasteiger partial charge in [0.25, 0.3) is 0 Å². The number of piperidine rings is 1. The molecule has 1 aliphatic heterocycles. The number of ether oxygens (including phenoxy) is 1. The van der Waals surface area contributed by atoms with Crippen molar-refractivity contribution in [2.45, 2.75) is 32.7 Å². The SMILES string of the molecule is CN=C(NCc1cc(C(=O)OC)c(C)o1)N1CCC(CC(=O)NC)CC1.I. The van der Waals surface area contributed by atoms with Gasteiger partial charge < -0.3 is 24.7 Å². The first kappa shape index (κ1) is 23.3. The first-order valence-electron chi connectivity index (χ1n) is 8.82. The number of aryl methyl sites for hydroxylation is 1. The molecule has 1 aromatic rings. The van der Waals surface area contributed by atoms with E-state index in [1.165, 1.54) is 7.11 Å². The molecule has 0 saturated carbocycles. The van der Waals surface area contributed by atoms with Gasteiger partial charge in [-0.15, -0.1) is 24.0 Å². The summed E-state index contributed by atoms with van der Waals surface area (Å²) in [5.41, 5.74) is 0.439. The van der Waals surface area contributed by atoms with Crippen LogP contribution >= 0.6 is 24.0 Å². The molecule has 1 amide bonds. The number of carbonyl (C=O) groups excluding carboxylic acids is 2. The number of carbonyl (C=O) groups is 2. The molecule has 27 heavy (non-hydrogen) atoms. The van der Waals surface area contributed by atoms with Crippen LogP contribution in [0.3, 0.4) is 0 Å². The maximum Gasteiger partial charge on any atom is 0.341 e. The van der Waals surface area contributed by atoms with E-state index in [1.807, 2.05) is 0 Å². The molecule has 0 atom stereocenters. The summed E-state index contributed by atoms with van der Waals surface area (Å²) in [6.07, 6.45) is 2.50. The van der Waals surface area contributed by atoms with Crippen molar-refractivity contribution in [3.63, 3.8) is 0 Å². The Hall–Kier alpha value is -1.78. The third-order valence-electron chi connectivity index (χ3n) is 4.67. The van der Waals surface area contributed by atoms with Crippen molar-refractivity contribution < 1.29 is 18.7 Å². The molecule has 0 aromatic carbocycles. The first-order valence-corrected chi connectivity index (χ1v) is 8.82. The van der Waals surface area contributed by atoms with Crippen LogP contribution < -0.4 is 10.6 Å². The second-order valence-corrected chi connectivity index (χ2v) is 6.38. The van der Waals surface area contributed by atoms with Crippen molar-refractivity contribution in [2.24, 2.45) is 10.9 Å². The van der Waals surface area contributed by atoms with Gasteiger partial charge in [0.15, 0.2) is 5.96 Å². The number of rotatable bonds is 5. The zero-order chi connectivity index (χ0) is 19.1. The number of hydrogen-bond acceptors (Lipinski definition) is 5. The van der Waals surface area contributed by atoms with Crippen LogP contribution in [-0.2, 0) is 16.1 Å². The Morgan fingerprint density at radius 2 is 2.04 bits per heavy atom. The Labute approximate surface area is 177 Å². The van der Waals surface area contributed by atoms with E-state index in [2.05, 4.69) is 20.5 Å². The van der Waals surface area contributed by atoms with Crippen LogP contribution in [0.5, 0.6) is 0 Å². The molecule has 1 aliphatic rings. The van der Waals surface area contributed by atoms with Crippen molar-refractivity contribution >= 4 is 41.8 Å². The molecule has 2 rings (SSSR count). The standard InChI is InChI=1S/C18H28N4O4.HI/c1-12-15(17(24)25-4)10-14(26-12)11-21-18(20-3)22-7-5-13(6-8-22)9-16(23)19-2;/h10,13H,5-9,11H2,1-4H3,(H,19,23)(H,20,21);1H. The zero-order valence-corrected chi connectivity index (χ0v) is 18.7. The fraction of sp³-hybridized carbons (Fsp3) is 0.611. The molecule has 2 N–H and O–H groups in total. The number of esters is 1. The Bertz CT molecular complexity index is 666. The highest BCUT2D eigenvalue weighted by Crippen LogP contribution is 2.21. The summed E-state index contributed by atoms with van der Waals surface area (Å²) in [4.78, 5) is 29.7. The van der Waals surface area contributed by atoms with Gasteiger partial charge in [-0.2, -0.15) is 0 Å². The van der Waals surface area contributed by atoms with Crippen LogP contribution in [0.25, 0.3) is 0 Å². The van der Waals surface area contributed by atoms with E-state index in [4.69, 9.17) is 9.15 Å². The summed E-state index contributed by atoms with van der Waals surface area (Å²) in [5.74, 6) is 2.09. The molecule has 0 bridgehead atoms. The van der Waals surface area contributed by atoms with Crippen LogP contribution in [-0.4, -0.2) is 57.0 Å². The van der Waals surface area contributed by atoms with Gasteiger partial charge in [0, 0.05) is 33.6 Å². The number of furan rings is 1. The number of amides is 1. The third kappa shape index (κ3) is 6.40. The highest BCUT2D eigenvalue weighted by atomic mass is 127. The van der Waals surface area contributed by atoms with Gasteiger partial charge in [-0.3, -0.25) is 9.79 Å². The van der Waals surface area contributed by atoms with Crippen LogP contribution in [0.2, 0.25) is 0 Å². The number of halogens is 1. The molecule has 0 aliphatic carbocycles. The summed E-state index contributed by atoms with van der Waals surface area (Å²) in [6.45, 7) is 3.88. The molecule has 1 aromatic heterocycles. The number of nitrogens with zero attached hydrogens (tertiary/aromatic N) is 2. The van der Waals surface area contributed by atoms with Gasteiger partial charge in [-0.1, -0.05) is 0 Å². The van der Waals surface area contributed by atoms with Crippen LogP contribution in [0.4, 0.5) is 0 Å². The minimum absolute atomic E-state index is 0. The second kappa shape index (κ2) is 11.2. The maximum atomic E-state index is 11.7. The van der Waals surface area contributed by atoms with E-state index in [9.17, 15) is 9.59 Å². The Balaban J connectivity index is 0.00000364. The number of nitrogens with one attached hydrogen (secondary N) is 2. The molecule has 9 heteroatoms. The number of likely N-dealkylation sites (tertiary alicyclic amines) is 1. The predicted octanol–water partition coefficient (Wildman–Crippen LogP) is 1.92. The molecule has 1 fully saturated rings. The summed E-state index contributed by atoms with van der Waals surface area (Å²) in [7, 11) is 4.76. The summed E-state index contributed by atoms with van der Waals surface area (Å²) >= 11 is 0. The minimum Gasteiger partial charge on any atom is -0.465 e. The molecule has 8 nitrogen and oxygen atoms in total. The molecule has 0 radical (unpaired) electrons. The van der Waals surface area contributed by atoms with E-state index in [0.29, 0.717) is 36.0 Å². The summed E-state index contributed by atoms with van der Waals surface area (Å²) in [6, 6.07) is 1.69. The maximum absolute atomic E-state index is 11.7. The van der Waals surface area contributed by atoms with Crippen molar-refractivity contribution in [1.29, 1.82) is 0 Å². The molecular weight excluding hydrogens is 463 g/mol. The van der Waals surface area contributed by atoms with Crippen molar-refractivity contribution in [3.05, 3.63) is 23.2 Å². The normalized spacial score (nSPS) is 15.1. The van der Waals surface area contributed by atoms with Gasteiger partial charge in [0.2, 0.25) is 5.91 Å². The monoisotopic (exact) mass is 492 g/mol. The van der Waals surface area contributed by atoms with Gasteiger partial charge in [0.05, 0.1) is 13.7 Å². The smallest absolute Gasteiger partial charge is 0.341 e. The van der Waals surface area contributed by atoms with Gasteiger partial charge >= 0.3 is 5.97 Å². The number of hydrogen-bond donors (Lipinski definition) is 2. The average molecular weight is 492 g/mol. The van der Waals surface area contributed by atoms with Gasteiger partial charge in [-0.25, -0.2) is 4.79 Å². The van der Waals surface area contributed by atoms with Crippen molar-refractivity contribution in [1.82, 2.24) is 15.5 Å². The van der Waals surface area contributed by atoms with Crippen LogP contribution in [0.15, 0.2) is 15.5 Å². The first-order chi connectivity index (χ1) is 12.5. The lowest BCUT2D eigenvalue weighted by Gasteiger charge is -2.33. The highest BCUT2D eigenvalue weighted by Gasteiger charge is 2.23. The van der Waals surface area contributed by atoms with Crippen molar-refractivity contribution in [3.8, 4) is 0 Å². The molecule has 2 heterocycles. The Morgan fingerprint density at radius 1 is 1.37 bits per heavy atom. The van der Waals surface area contributed by atoms with Crippen LogP contribution in [0, 0.1) is 12.8 Å².